The van der Waals surface area contributed by atoms with E-state index in [-0.39, 0.29) is 29.7 Å². The zero-order chi connectivity index (χ0) is 29.6. The molecule has 0 aliphatic heterocycles. The molecule has 0 aliphatic rings. The first-order valence-corrected chi connectivity index (χ1v) is 14.3. The van der Waals surface area contributed by atoms with E-state index < -0.39 is 0 Å². The number of hydrogen-bond acceptors (Lipinski definition) is 3. The minimum atomic E-state index is 0.110. The Kier molecular flexibility index (Phi) is 29.3. The fourth-order valence-electron chi connectivity index (χ4n) is 2.84. The second kappa shape index (κ2) is 25.3. The average Bonchev–Trinajstić information content (AvgIpc) is 2.64. The van der Waals surface area contributed by atoms with Crippen molar-refractivity contribution < 1.29 is 14.4 Å². The van der Waals surface area contributed by atoms with Crippen LogP contribution in [0.15, 0.2) is 0 Å². The highest BCUT2D eigenvalue weighted by molar-refractivity contribution is 5.80. The van der Waals surface area contributed by atoms with Gasteiger partial charge in [0, 0.05) is 37.3 Å². The van der Waals surface area contributed by atoms with Crippen molar-refractivity contribution in [1.29, 1.82) is 0 Å². The summed E-state index contributed by atoms with van der Waals surface area (Å²) in [6, 6.07) is 0.270. The summed E-state index contributed by atoms with van der Waals surface area (Å²) in [4.78, 5) is 32.8. The SMILES string of the molecule is CC(C)CC(=O)C(C)C.CC(C)CC(=O)NC(C)C.CC(C)CC(C)C.CC(C)CNC(=O)C(C)C. The van der Waals surface area contributed by atoms with E-state index in [0.717, 1.165) is 24.8 Å². The van der Waals surface area contributed by atoms with Gasteiger partial charge in [0.25, 0.3) is 0 Å². The van der Waals surface area contributed by atoms with E-state index in [1.807, 2.05) is 55.4 Å². The third kappa shape index (κ3) is 42.7. The standard InChI is InChI=1S/2C8H17NO.C8H16O.C7H16/c1-6(2)5-9-8(10)7(3)4;1-6(2)5-8(10)9-7(3)4;1-6(2)5-8(9)7(3)4;1-6(2)5-7(3)4/h2*6-7H,5H2,1-4H3,(H,9,10);6-7H,5H2,1-4H3;6-7H,5H2,1-4H3. The molecule has 0 radical (unpaired) electrons. The van der Waals surface area contributed by atoms with Gasteiger partial charge in [-0.05, 0) is 49.9 Å². The van der Waals surface area contributed by atoms with Crippen LogP contribution in [0.5, 0.6) is 0 Å². The lowest BCUT2D eigenvalue weighted by Gasteiger charge is -2.09. The highest BCUT2D eigenvalue weighted by Crippen LogP contribution is 2.08. The molecule has 0 aromatic carbocycles. The Morgan fingerprint density at radius 3 is 1.14 bits per heavy atom. The maximum atomic E-state index is 11.0. The smallest absolute Gasteiger partial charge is 0.222 e. The van der Waals surface area contributed by atoms with Crippen LogP contribution in [-0.2, 0) is 14.4 Å². The van der Waals surface area contributed by atoms with E-state index in [1.165, 1.54) is 6.42 Å². The summed E-state index contributed by atoms with van der Waals surface area (Å²) in [6.07, 6.45) is 2.73. The summed E-state index contributed by atoms with van der Waals surface area (Å²) in [5.41, 5.74) is 0. The summed E-state index contributed by atoms with van der Waals surface area (Å²) < 4.78 is 0. The molecule has 0 heterocycles. The van der Waals surface area contributed by atoms with Gasteiger partial charge in [-0.1, -0.05) is 96.9 Å². The molecule has 0 aromatic heterocycles. The Morgan fingerprint density at radius 1 is 0.528 bits per heavy atom. The normalized spacial score (nSPS) is 10.8. The molecule has 0 spiro atoms. The van der Waals surface area contributed by atoms with Crippen LogP contribution in [0.2, 0.25) is 0 Å². The lowest BCUT2D eigenvalue weighted by molar-refractivity contribution is -0.124. The van der Waals surface area contributed by atoms with Crippen LogP contribution in [0.25, 0.3) is 0 Å². The van der Waals surface area contributed by atoms with Crippen LogP contribution in [0.4, 0.5) is 0 Å². The minimum absolute atomic E-state index is 0.110. The third-order valence-corrected chi connectivity index (χ3v) is 4.45. The summed E-state index contributed by atoms with van der Waals surface area (Å²) >= 11 is 0. The maximum absolute atomic E-state index is 11.0. The van der Waals surface area contributed by atoms with Crippen molar-refractivity contribution >= 4 is 17.6 Å². The zero-order valence-corrected chi connectivity index (χ0v) is 27.2. The number of rotatable bonds is 11. The number of amides is 2. The van der Waals surface area contributed by atoms with Crippen LogP contribution in [-0.4, -0.2) is 30.2 Å². The van der Waals surface area contributed by atoms with Crippen molar-refractivity contribution in [2.75, 3.05) is 6.54 Å². The quantitative estimate of drug-likeness (QED) is 0.294. The fourth-order valence-corrected chi connectivity index (χ4v) is 2.84. The van der Waals surface area contributed by atoms with Crippen molar-refractivity contribution in [1.82, 2.24) is 10.6 Å². The van der Waals surface area contributed by atoms with E-state index in [4.69, 9.17) is 0 Å². The van der Waals surface area contributed by atoms with E-state index in [0.29, 0.717) is 30.0 Å². The van der Waals surface area contributed by atoms with Gasteiger partial charge in [0.15, 0.2) is 0 Å². The molecule has 0 aromatic rings. The Hall–Kier alpha value is -1.39. The van der Waals surface area contributed by atoms with Gasteiger partial charge >= 0.3 is 0 Å². The highest BCUT2D eigenvalue weighted by atomic mass is 16.2. The van der Waals surface area contributed by atoms with Crippen molar-refractivity contribution in [3.05, 3.63) is 0 Å². The minimum Gasteiger partial charge on any atom is -0.356 e. The molecule has 0 unspecified atom stereocenters. The number of carbonyl (C=O) groups excluding carboxylic acids is 3. The van der Waals surface area contributed by atoms with Gasteiger partial charge in [-0.2, -0.15) is 0 Å². The van der Waals surface area contributed by atoms with Crippen molar-refractivity contribution in [3.8, 4) is 0 Å². The molecule has 5 heteroatoms. The Balaban J connectivity index is -0.000000191. The first-order valence-electron chi connectivity index (χ1n) is 14.3. The van der Waals surface area contributed by atoms with Crippen molar-refractivity contribution in [2.45, 2.75) is 136 Å². The molecule has 0 bridgehead atoms. The largest absolute Gasteiger partial charge is 0.356 e. The molecule has 2 amide bonds. The Labute approximate surface area is 226 Å². The Bertz CT molecular complexity index is 516. The summed E-state index contributed by atoms with van der Waals surface area (Å²) in [5.74, 6) is 4.27. The van der Waals surface area contributed by atoms with Gasteiger partial charge in [0.05, 0.1) is 0 Å². The predicted molar refractivity (Wildman–Crippen MR) is 159 cm³/mol. The van der Waals surface area contributed by atoms with E-state index in [9.17, 15) is 14.4 Å². The molecule has 0 rings (SSSR count). The number of nitrogens with one attached hydrogen (secondary N) is 2. The lowest BCUT2D eigenvalue weighted by atomic mass is 9.99. The van der Waals surface area contributed by atoms with Gasteiger partial charge in [-0.3, -0.25) is 14.4 Å². The first kappa shape index (κ1) is 41.7. The molecule has 2 N–H and O–H groups in total. The first-order chi connectivity index (χ1) is 16.2. The van der Waals surface area contributed by atoms with Crippen LogP contribution in [0, 0.1) is 41.4 Å². The molecular formula is C31H66N2O3. The van der Waals surface area contributed by atoms with Crippen LogP contribution >= 0.6 is 0 Å². The summed E-state index contributed by atoms with van der Waals surface area (Å²) in [7, 11) is 0. The molecule has 36 heavy (non-hydrogen) atoms. The van der Waals surface area contributed by atoms with Crippen LogP contribution < -0.4 is 10.6 Å². The average molecular weight is 515 g/mol. The van der Waals surface area contributed by atoms with E-state index >= 15 is 0 Å². The van der Waals surface area contributed by atoms with Crippen molar-refractivity contribution in [2.24, 2.45) is 41.4 Å². The molecule has 0 atom stereocenters. The van der Waals surface area contributed by atoms with Crippen LogP contribution in [0.3, 0.4) is 0 Å². The van der Waals surface area contributed by atoms with Gasteiger partial charge in [-0.15, -0.1) is 0 Å². The zero-order valence-electron chi connectivity index (χ0n) is 27.2. The fraction of sp³-hybridized carbons (Fsp3) is 0.903. The molecule has 0 aliphatic carbocycles. The van der Waals surface area contributed by atoms with Crippen LogP contribution in [0.1, 0.15) is 130 Å². The molecule has 218 valence electrons. The second-order valence-electron chi connectivity index (χ2n) is 12.9. The molecule has 5 nitrogen and oxygen atoms in total. The number of carbonyl (C=O) groups is 3. The van der Waals surface area contributed by atoms with E-state index in [1.54, 1.807) is 0 Å². The lowest BCUT2D eigenvalue weighted by Crippen LogP contribution is -2.30. The summed E-state index contributed by atoms with van der Waals surface area (Å²) in [5, 5.41) is 5.68. The molecule has 0 fully saturated rings. The van der Waals surface area contributed by atoms with Gasteiger partial charge in [0.2, 0.25) is 11.8 Å². The Morgan fingerprint density at radius 2 is 0.944 bits per heavy atom. The van der Waals surface area contributed by atoms with Crippen molar-refractivity contribution in [3.63, 3.8) is 0 Å². The topological polar surface area (TPSA) is 75.3 Å². The summed E-state index contributed by atoms with van der Waals surface area (Å²) in [6.45, 7) is 33.9. The number of hydrogen-bond donors (Lipinski definition) is 2. The second-order valence-corrected chi connectivity index (χ2v) is 12.9. The number of ketones is 1. The van der Waals surface area contributed by atoms with E-state index in [2.05, 4.69) is 66.0 Å². The predicted octanol–water partition coefficient (Wildman–Crippen LogP) is 7.92. The number of Topliss-reactive ketones (excluding diaryl/α,β-unsaturated/α-hetero) is 1. The van der Waals surface area contributed by atoms with Gasteiger partial charge in [-0.25, -0.2) is 0 Å². The highest BCUT2D eigenvalue weighted by Gasteiger charge is 2.08. The van der Waals surface area contributed by atoms with Gasteiger partial charge < -0.3 is 10.6 Å². The maximum Gasteiger partial charge on any atom is 0.222 e. The molecule has 0 saturated carbocycles. The van der Waals surface area contributed by atoms with Gasteiger partial charge in [0.1, 0.15) is 5.78 Å². The molecule has 0 saturated heterocycles. The third-order valence-electron chi connectivity index (χ3n) is 4.45. The monoisotopic (exact) mass is 515 g/mol. The molecular weight excluding hydrogens is 448 g/mol.